The van der Waals surface area contributed by atoms with E-state index in [0.29, 0.717) is 0 Å². The third kappa shape index (κ3) is 4.43. The van der Waals surface area contributed by atoms with E-state index >= 15 is 0 Å². The van der Waals surface area contributed by atoms with E-state index in [1.54, 1.807) is 13.0 Å². The molecule has 0 heterocycles. The smallest absolute Gasteiger partial charge is 0.126 e. The van der Waals surface area contributed by atoms with E-state index in [0.717, 1.165) is 24.2 Å². The summed E-state index contributed by atoms with van der Waals surface area (Å²) in [6.07, 6.45) is 3.74. The van der Waals surface area contributed by atoms with Crippen LogP contribution in [0.2, 0.25) is 0 Å². The second kappa shape index (κ2) is 6.57. The lowest BCUT2D eigenvalue weighted by molar-refractivity contribution is 0.606. The van der Waals surface area contributed by atoms with Crippen LogP contribution in [0.15, 0.2) is 18.2 Å². The largest absolute Gasteiger partial charge is 0.313 e. The van der Waals surface area contributed by atoms with Crippen molar-refractivity contribution < 1.29 is 4.39 Å². The predicted molar refractivity (Wildman–Crippen MR) is 62.4 cm³/mol. The lowest BCUT2D eigenvalue weighted by Crippen LogP contribution is -2.14. The molecule has 0 aromatic heterocycles. The predicted octanol–water partition coefficient (Wildman–Crippen LogP) is 3.41. The first-order chi connectivity index (χ1) is 7.24. The second-order valence-corrected chi connectivity index (χ2v) is 3.97. The molecule has 1 nitrogen and oxygen atoms in total. The Bertz CT molecular complexity index is 297. The Kier molecular flexibility index (Phi) is 5.33. The minimum absolute atomic E-state index is 0.121. The van der Waals surface area contributed by atoms with E-state index in [1.807, 2.05) is 12.1 Å². The van der Waals surface area contributed by atoms with Crippen molar-refractivity contribution in [2.24, 2.45) is 0 Å². The molecule has 1 N–H and O–H groups in total. The Morgan fingerprint density at radius 1 is 1.27 bits per heavy atom. The van der Waals surface area contributed by atoms with Gasteiger partial charge in [-0.25, -0.2) is 4.39 Å². The third-order valence-corrected chi connectivity index (χ3v) is 2.51. The van der Waals surface area contributed by atoms with Gasteiger partial charge < -0.3 is 5.32 Å². The monoisotopic (exact) mass is 209 g/mol. The van der Waals surface area contributed by atoms with Crippen LogP contribution >= 0.6 is 0 Å². The average molecular weight is 209 g/mol. The van der Waals surface area contributed by atoms with E-state index in [2.05, 4.69) is 12.2 Å². The molecule has 0 bridgehead atoms. The molecule has 0 atom stereocenters. The van der Waals surface area contributed by atoms with Crippen molar-refractivity contribution in [3.05, 3.63) is 35.1 Å². The van der Waals surface area contributed by atoms with Crippen molar-refractivity contribution >= 4 is 0 Å². The molecular weight excluding hydrogens is 189 g/mol. The maximum atomic E-state index is 13.0. The Balaban J connectivity index is 2.28. The van der Waals surface area contributed by atoms with E-state index in [-0.39, 0.29) is 5.82 Å². The molecule has 0 saturated heterocycles. The maximum absolute atomic E-state index is 13.0. The molecule has 15 heavy (non-hydrogen) atoms. The van der Waals surface area contributed by atoms with Crippen LogP contribution in [0.3, 0.4) is 0 Å². The van der Waals surface area contributed by atoms with Gasteiger partial charge in [0.2, 0.25) is 0 Å². The molecule has 0 aliphatic heterocycles. The van der Waals surface area contributed by atoms with Crippen molar-refractivity contribution in [2.75, 3.05) is 6.54 Å². The van der Waals surface area contributed by atoms with Gasteiger partial charge in [0.15, 0.2) is 0 Å². The number of rotatable bonds is 6. The summed E-state index contributed by atoms with van der Waals surface area (Å²) < 4.78 is 13.0. The number of halogens is 1. The molecule has 0 aliphatic carbocycles. The lowest BCUT2D eigenvalue weighted by atomic mass is 10.1. The van der Waals surface area contributed by atoms with Crippen LogP contribution in [0.1, 0.15) is 37.3 Å². The second-order valence-electron chi connectivity index (χ2n) is 3.97. The Hall–Kier alpha value is -0.890. The molecule has 0 amide bonds. The standard InChI is InChI=1S/C13H20FN/c1-3-4-5-8-15-10-12-6-7-13(14)11(2)9-12/h6-7,9,15H,3-5,8,10H2,1-2H3. The molecule has 1 rings (SSSR count). The van der Waals surface area contributed by atoms with E-state index < -0.39 is 0 Å². The fourth-order valence-corrected chi connectivity index (χ4v) is 1.55. The summed E-state index contributed by atoms with van der Waals surface area (Å²) in [5.41, 5.74) is 1.88. The summed E-state index contributed by atoms with van der Waals surface area (Å²) in [7, 11) is 0. The van der Waals surface area contributed by atoms with Gasteiger partial charge in [-0.05, 0) is 37.1 Å². The Labute approximate surface area is 91.7 Å². The topological polar surface area (TPSA) is 12.0 Å². The highest BCUT2D eigenvalue weighted by Crippen LogP contribution is 2.08. The molecular formula is C13H20FN. The van der Waals surface area contributed by atoms with Gasteiger partial charge >= 0.3 is 0 Å². The van der Waals surface area contributed by atoms with E-state index in [1.165, 1.54) is 19.3 Å². The highest BCUT2D eigenvalue weighted by molar-refractivity contribution is 5.23. The van der Waals surface area contributed by atoms with Crippen LogP contribution in [0.25, 0.3) is 0 Å². The summed E-state index contributed by atoms with van der Waals surface area (Å²) in [6, 6.07) is 5.29. The van der Waals surface area contributed by atoms with Crippen molar-refractivity contribution in [1.29, 1.82) is 0 Å². The van der Waals surface area contributed by atoms with Crippen LogP contribution < -0.4 is 5.32 Å². The zero-order chi connectivity index (χ0) is 11.1. The zero-order valence-electron chi connectivity index (χ0n) is 9.65. The number of hydrogen-bond acceptors (Lipinski definition) is 1. The van der Waals surface area contributed by atoms with E-state index in [9.17, 15) is 4.39 Å². The van der Waals surface area contributed by atoms with Crippen LogP contribution in [0, 0.1) is 12.7 Å². The summed E-state index contributed by atoms with van der Waals surface area (Å²) >= 11 is 0. The third-order valence-electron chi connectivity index (χ3n) is 2.51. The highest BCUT2D eigenvalue weighted by Gasteiger charge is 1.98. The van der Waals surface area contributed by atoms with Gasteiger partial charge in [-0.3, -0.25) is 0 Å². The van der Waals surface area contributed by atoms with Crippen LogP contribution in [0.4, 0.5) is 4.39 Å². The SMILES string of the molecule is CCCCCNCc1ccc(F)c(C)c1. The minimum Gasteiger partial charge on any atom is -0.313 e. The molecule has 1 aromatic rings. The Morgan fingerprint density at radius 3 is 2.73 bits per heavy atom. The normalized spacial score (nSPS) is 10.6. The summed E-state index contributed by atoms with van der Waals surface area (Å²) in [4.78, 5) is 0. The van der Waals surface area contributed by atoms with Crippen molar-refractivity contribution in [2.45, 2.75) is 39.7 Å². The van der Waals surface area contributed by atoms with Crippen LogP contribution in [-0.4, -0.2) is 6.54 Å². The molecule has 84 valence electrons. The Morgan fingerprint density at radius 2 is 2.07 bits per heavy atom. The van der Waals surface area contributed by atoms with Crippen molar-refractivity contribution in [3.8, 4) is 0 Å². The number of benzene rings is 1. The number of unbranched alkanes of at least 4 members (excludes halogenated alkanes) is 2. The maximum Gasteiger partial charge on any atom is 0.126 e. The highest BCUT2D eigenvalue weighted by atomic mass is 19.1. The molecule has 0 spiro atoms. The lowest BCUT2D eigenvalue weighted by Gasteiger charge is -2.05. The van der Waals surface area contributed by atoms with Gasteiger partial charge in [-0.1, -0.05) is 31.9 Å². The van der Waals surface area contributed by atoms with Crippen LogP contribution in [0.5, 0.6) is 0 Å². The number of aryl methyl sites for hydroxylation is 1. The van der Waals surface area contributed by atoms with Gasteiger partial charge in [0.05, 0.1) is 0 Å². The molecule has 0 aliphatic rings. The molecule has 1 aromatic carbocycles. The molecule has 0 fully saturated rings. The first-order valence-electron chi connectivity index (χ1n) is 5.69. The van der Waals surface area contributed by atoms with Gasteiger partial charge in [0, 0.05) is 6.54 Å². The van der Waals surface area contributed by atoms with Crippen molar-refractivity contribution in [1.82, 2.24) is 5.32 Å². The number of hydrogen-bond donors (Lipinski definition) is 1. The first-order valence-corrected chi connectivity index (χ1v) is 5.69. The molecule has 2 heteroatoms. The zero-order valence-corrected chi connectivity index (χ0v) is 9.65. The van der Waals surface area contributed by atoms with E-state index in [4.69, 9.17) is 0 Å². The fraction of sp³-hybridized carbons (Fsp3) is 0.538. The minimum atomic E-state index is -0.121. The summed E-state index contributed by atoms with van der Waals surface area (Å²) in [5, 5.41) is 3.36. The summed E-state index contributed by atoms with van der Waals surface area (Å²) in [6.45, 7) is 5.88. The fourth-order valence-electron chi connectivity index (χ4n) is 1.55. The van der Waals surface area contributed by atoms with Gasteiger partial charge in [0.1, 0.15) is 5.82 Å². The van der Waals surface area contributed by atoms with Gasteiger partial charge in [-0.15, -0.1) is 0 Å². The molecule has 0 radical (unpaired) electrons. The van der Waals surface area contributed by atoms with Gasteiger partial charge in [0.25, 0.3) is 0 Å². The first kappa shape index (κ1) is 12.2. The molecule has 0 saturated carbocycles. The van der Waals surface area contributed by atoms with Crippen molar-refractivity contribution in [3.63, 3.8) is 0 Å². The quantitative estimate of drug-likeness (QED) is 0.708. The summed E-state index contributed by atoms with van der Waals surface area (Å²) in [5.74, 6) is -0.121. The number of nitrogens with one attached hydrogen (secondary N) is 1. The molecule has 0 unspecified atom stereocenters. The van der Waals surface area contributed by atoms with Crippen LogP contribution in [-0.2, 0) is 6.54 Å². The van der Waals surface area contributed by atoms with Gasteiger partial charge in [-0.2, -0.15) is 0 Å². The average Bonchev–Trinajstić information content (AvgIpc) is 2.23.